The normalized spacial score (nSPS) is 11.8. The summed E-state index contributed by atoms with van der Waals surface area (Å²) in [7, 11) is 0. The van der Waals surface area contributed by atoms with Gasteiger partial charge in [-0.1, -0.05) is 13.3 Å². The molecule has 0 saturated carbocycles. The zero-order chi connectivity index (χ0) is 13.2. The van der Waals surface area contributed by atoms with Crippen LogP contribution < -0.4 is 16.6 Å². The van der Waals surface area contributed by atoms with Gasteiger partial charge < -0.3 is 5.32 Å². The Morgan fingerprint density at radius 1 is 1.39 bits per heavy atom. The number of nitrogens with zero attached hydrogens (tertiary/aromatic N) is 2. The van der Waals surface area contributed by atoms with Crippen LogP contribution in [0.5, 0.6) is 0 Å². The molecular weight excluding hydrogens is 246 g/mol. The minimum absolute atomic E-state index is 0.00381. The molecule has 0 aliphatic heterocycles. The lowest BCUT2D eigenvalue weighted by Crippen LogP contribution is -2.31. The highest BCUT2D eigenvalue weighted by Gasteiger charge is 2.19. The van der Waals surface area contributed by atoms with Crippen LogP contribution in [0.25, 0.3) is 10.2 Å². The maximum Gasteiger partial charge on any atom is 0.240 e. The van der Waals surface area contributed by atoms with Crippen molar-refractivity contribution in [3.8, 4) is 0 Å². The van der Waals surface area contributed by atoms with Crippen molar-refractivity contribution in [2.24, 2.45) is 5.84 Å². The average molecular weight is 265 g/mol. The number of rotatable bonds is 5. The molecule has 2 heterocycles. The highest BCUT2D eigenvalue weighted by molar-refractivity contribution is 7.16. The van der Waals surface area contributed by atoms with E-state index in [9.17, 15) is 0 Å². The van der Waals surface area contributed by atoms with E-state index in [0.717, 1.165) is 28.9 Å². The maximum atomic E-state index is 5.40. The molecule has 0 aromatic carbocycles. The second-order valence-corrected chi connectivity index (χ2v) is 5.83. The van der Waals surface area contributed by atoms with Crippen LogP contribution in [-0.4, -0.2) is 15.5 Å². The Labute approximate surface area is 111 Å². The number of fused-ring (bicyclic) bond motifs is 1. The quantitative estimate of drug-likeness (QED) is 0.572. The van der Waals surface area contributed by atoms with Crippen molar-refractivity contribution >= 4 is 33.3 Å². The third-order valence-corrected chi connectivity index (χ3v) is 3.59. The van der Waals surface area contributed by atoms with E-state index in [1.807, 2.05) is 11.4 Å². The first-order valence-corrected chi connectivity index (χ1v) is 6.94. The van der Waals surface area contributed by atoms with Gasteiger partial charge in [0.2, 0.25) is 5.95 Å². The number of nitrogens with two attached hydrogens (primary N) is 1. The predicted octanol–water partition coefficient (Wildman–Crippen LogP) is 2.97. The van der Waals surface area contributed by atoms with Crippen LogP contribution in [0.3, 0.4) is 0 Å². The number of nitrogens with one attached hydrogen (secondary N) is 2. The second kappa shape index (κ2) is 5.07. The molecular formula is C12H19N5S. The fourth-order valence-electron chi connectivity index (χ4n) is 2.02. The first-order chi connectivity index (χ1) is 8.55. The molecule has 4 N–H and O–H groups in total. The molecule has 0 atom stereocenters. The van der Waals surface area contributed by atoms with Crippen molar-refractivity contribution in [2.45, 2.75) is 39.2 Å². The molecule has 6 heteroatoms. The Hall–Kier alpha value is -1.40. The molecule has 2 aromatic rings. The molecule has 2 rings (SSSR count). The summed E-state index contributed by atoms with van der Waals surface area (Å²) < 4.78 is 0. The zero-order valence-corrected chi connectivity index (χ0v) is 11.8. The molecule has 0 radical (unpaired) electrons. The van der Waals surface area contributed by atoms with Crippen molar-refractivity contribution in [1.82, 2.24) is 9.97 Å². The summed E-state index contributed by atoms with van der Waals surface area (Å²) in [6.07, 6.45) is 2.20. The minimum atomic E-state index is 0.00381. The molecule has 0 saturated heterocycles. The van der Waals surface area contributed by atoms with Crippen LogP contribution in [0, 0.1) is 0 Å². The van der Waals surface area contributed by atoms with E-state index in [-0.39, 0.29) is 5.54 Å². The SMILES string of the molecule is CCCC(C)(C)Nc1nc(NN)nc2sccc12. The highest BCUT2D eigenvalue weighted by atomic mass is 32.1. The molecule has 2 aromatic heterocycles. The van der Waals surface area contributed by atoms with Crippen molar-refractivity contribution in [3.63, 3.8) is 0 Å². The van der Waals surface area contributed by atoms with Gasteiger partial charge in [0, 0.05) is 5.54 Å². The third-order valence-electron chi connectivity index (χ3n) is 2.79. The van der Waals surface area contributed by atoms with Gasteiger partial charge in [-0.15, -0.1) is 11.3 Å². The molecule has 0 unspecified atom stereocenters. The predicted molar refractivity (Wildman–Crippen MR) is 77.8 cm³/mol. The van der Waals surface area contributed by atoms with Gasteiger partial charge in [0.05, 0.1) is 5.39 Å². The lowest BCUT2D eigenvalue weighted by Gasteiger charge is -2.26. The molecule has 0 fully saturated rings. The fourth-order valence-corrected chi connectivity index (χ4v) is 2.79. The second-order valence-electron chi connectivity index (χ2n) is 4.94. The minimum Gasteiger partial charge on any atom is -0.364 e. The van der Waals surface area contributed by atoms with E-state index in [1.54, 1.807) is 11.3 Å². The summed E-state index contributed by atoms with van der Waals surface area (Å²) in [5, 5.41) is 6.54. The van der Waals surface area contributed by atoms with E-state index >= 15 is 0 Å². The van der Waals surface area contributed by atoms with Gasteiger partial charge in [-0.2, -0.15) is 4.98 Å². The molecule has 0 aliphatic carbocycles. The van der Waals surface area contributed by atoms with Gasteiger partial charge in [0.1, 0.15) is 10.6 Å². The Balaban J connectivity index is 2.39. The van der Waals surface area contributed by atoms with Crippen molar-refractivity contribution < 1.29 is 0 Å². The molecule has 0 bridgehead atoms. The van der Waals surface area contributed by atoms with Crippen LogP contribution in [0.2, 0.25) is 0 Å². The Kier molecular flexibility index (Phi) is 3.68. The van der Waals surface area contributed by atoms with Crippen LogP contribution in [0.4, 0.5) is 11.8 Å². The third kappa shape index (κ3) is 2.70. The van der Waals surface area contributed by atoms with Crippen LogP contribution in [0.15, 0.2) is 11.4 Å². The average Bonchev–Trinajstić information content (AvgIpc) is 2.76. The number of hydrazine groups is 1. The largest absolute Gasteiger partial charge is 0.364 e. The summed E-state index contributed by atoms with van der Waals surface area (Å²) in [5.74, 6) is 6.69. The van der Waals surface area contributed by atoms with Crippen LogP contribution in [-0.2, 0) is 0 Å². The summed E-state index contributed by atoms with van der Waals surface area (Å²) in [4.78, 5) is 9.67. The van der Waals surface area contributed by atoms with Gasteiger partial charge in [-0.05, 0) is 31.7 Å². The van der Waals surface area contributed by atoms with E-state index in [1.165, 1.54) is 0 Å². The van der Waals surface area contributed by atoms with Gasteiger partial charge in [0.25, 0.3) is 0 Å². The lowest BCUT2D eigenvalue weighted by molar-refractivity contribution is 0.509. The zero-order valence-electron chi connectivity index (χ0n) is 10.9. The van der Waals surface area contributed by atoms with E-state index < -0.39 is 0 Å². The van der Waals surface area contributed by atoms with Crippen LogP contribution in [0.1, 0.15) is 33.6 Å². The van der Waals surface area contributed by atoms with E-state index in [2.05, 4.69) is 41.5 Å². The summed E-state index contributed by atoms with van der Waals surface area (Å²) in [5.41, 5.74) is 2.52. The Morgan fingerprint density at radius 3 is 2.83 bits per heavy atom. The molecule has 0 amide bonds. The fraction of sp³-hybridized carbons (Fsp3) is 0.500. The molecule has 98 valence electrons. The van der Waals surface area contributed by atoms with Gasteiger partial charge in [-0.25, -0.2) is 10.8 Å². The van der Waals surface area contributed by atoms with Crippen LogP contribution >= 0.6 is 11.3 Å². The maximum absolute atomic E-state index is 5.40. The Morgan fingerprint density at radius 2 is 2.17 bits per heavy atom. The number of nitrogen functional groups attached to an aromatic ring is 1. The molecule has 5 nitrogen and oxygen atoms in total. The number of hydrogen-bond donors (Lipinski definition) is 3. The van der Waals surface area contributed by atoms with Gasteiger partial charge in [0.15, 0.2) is 0 Å². The van der Waals surface area contributed by atoms with E-state index in [0.29, 0.717) is 5.95 Å². The van der Waals surface area contributed by atoms with Crippen molar-refractivity contribution in [1.29, 1.82) is 0 Å². The molecule has 18 heavy (non-hydrogen) atoms. The molecule has 0 spiro atoms. The monoisotopic (exact) mass is 265 g/mol. The number of hydrogen-bond acceptors (Lipinski definition) is 6. The lowest BCUT2D eigenvalue weighted by atomic mass is 9.99. The summed E-state index contributed by atoms with van der Waals surface area (Å²) >= 11 is 1.58. The first kappa shape index (κ1) is 13.0. The number of aromatic nitrogens is 2. The summed E-state index contributed by atoms with van der Waals surface area (Å²) in [6, 6.07) is 2.03. The van der Waals surface area contributed by atoms with Crippen molar-refractivity contribution in [3.05, 3.63) is 11.4 Å². The molecule has 0 aliphatic rings. The van der Waals surface area contributed by atoms with E-state index in [4.69, 9.17) is 5.84 Å². The number of anilines is 2. The first-order valence-electron chi connectivity index (χ1n) is 6.06. The smallest absolute Gasteiger partial charge is 0.240 e. The standard InChI is InChI=1S/C12H19N5S/c1-4-6-12(2,3)16-9-8-5-7-18-10(8)15-11(14-9)17-13/h5,7H,4,6,13H2,1-3H3,(H2,14,15,16,17). The Bertz CT molecular complexity index is 534. The topological polar surface area (TPSA) is 75.9 Å². The van der Waals surface area contributed by atoms with Gasteiger partial charge >= 0.3 is 0 Å². The van der Waals surface area contributed by atoms with Gasteiger partial charge in [-0.3, -0.25) is 5.43 Å². The number of thiophene rings is 1. The summed E-state index contributed by atoms with van der Waals surface area (Å²) in [6.45, 7) is 6.52. The van der Waals surface area contributed by atoms with Crippen molar-refractivity contribution in [2.75, 3.05) is 10.7 Å². The highest BCUT2D eigenvalue weighted by Crippen LogP contribution is 2.29.